The van der Waals surface area contributed by atoms with E-state index in [2.05, 4.69) is 27.8 Å². The molecule has 1 fully saturated rings. The molecule has 2 aromatic carbocycles. The molecule has 4 amide bonds. The lowest BCUT2D eigenvalue weighted by molar-refractivity contribution is -0.122. The highest BCUT2D eigenvalue weighted by Crippen LogP contribution is 2.25. The second kappa shape index (κ2) is 7.59. The van der Waals surface area contributed by atoms with Crippen molar-refractivity contribution < 1.29 is 19.5 Å². The molecule has 6 nitrogen and oxygen atoms in total. The number of nitrogens with one attached hydrogen (secondary N) is 1. The summed E-state index contributed by atoms with van der Waals surface area (Å²) >= 11 is 3.29. The predicted molar refractivity (Wildman–Crippen MR) is 105 cm³/mol. The number of carbonyl (C=O) groups is 3. The Balaban J connectivity index is 2.00. The van der Waals surface area contributed by atoms with Crippen LogP contribution in [0.5, 0.6) is 5.75 Å². The average Bonchev–Trinajstić information content (AvgIpc) is 2.63. The van der Waals surface area contributed by atoms with E-state index in [0.717, 1.165) is 9.37 Å². The Hall–Kier alpha value is -3.19. The lowest BCUT2D eigenvalue weighted by Gasteiger charge is -2.26. The van der Waals surface area contributed by atoms with Gasteiger partial charge < -0.3 is 5.11 Å². The van der Waals surface area contributed by atoms with Gasteiger partial charge in [-0.3, -0.25) is 14.9 Å². The maximum atomic E-state index is 12.8. The van der Waals surface area contributed by atoms with E-state index in [4.69, 9.17) is 0 Å². The molecule has 1 aliphatic rings. The van der Waals surface area contributed by atoms with Gasteiger partial charge >= 0.3 is 6.03 Å². The zero-order chi connectivity index (χ0) is 19.6. The summed E-state index contributed by atoms with van der Waals surface area (Å²) in [5, 5.41) is 12.0. The molecular formula is C20H15BrN2O4. The van der Waals surface area contributed by atoms with Crippen molar-refractivity contribution in [3.8, 4) is 5.75 Å². The smallest absolute Gasteiger partial charge is 0.335 e. The summed E-state index contributed by atoms with van der Waals surface area (Å²) < 4.78 is 0.793. The fourth-order valence-corrected chi connectivity index (χ4v) is 2.93. The molecule has 0 spiro atoms. The molecule has 0 radical (unpaired) electrons. The number of aromatic hydroxyl groups is 1. The Kier molecular flexibility index (Phi) is 5.23. The zero-order valence-electron chi connectivity index (χ0n) is 14.1. The number of benzene rings is 2. The van der Waals surface area contributed by atoms with Gasteiger partial charge in [0.25, 0.3) is 11.8 Å². The van der Waals surface area contributed by atoms with Gasteiger partial charge in [-0.1, -0.05) is 28.1 Å². The molecule has 2 aromatic rings. The Morgan fingerprint density at radius 2 is 1.81 bits per heavy atom. The quantitative estimate of drug-likeness (QED) is 0.444. The molecule has 0 saturated carbocycles. The van der Waals surface area contributed by atoms with Crippen LogP contribution < -0.4 is 10.2 Å². The first kappa shape index (κ1) is 18.6. The van der Waals surface area contributed by atoms with E-state index < -0.39 is 17.8 Å². The molecule has 0 unspecified atom stereocenters. The maximum absolute atomic E-state index is 12.8. The van der Waals surface area contributed by atoms with Crippen molar-refractivity contribution >= 4 is 45.5 Å². The number of carbonyl (C=O) groups excluding carboxylic acids is 3. The van der Waals surface area contributed by atoms with Crippen molar-refractivity contribution in [2.45, 2.75) is 6.42 Å². The van der Waals surface area contributed by atoms with Gasteiger partial charge in [0.2, 0.25) is 0 Å². The highest BCUT2D eigenvalue weighted by molar-refractivity contribution is 9.10. The van der Waals surface area contributed by atoms with E-state index in [-0.39, 0.29) is 11.3 Å². The summed E-state index contributed by atoms with van der Waals surface area (Å²) in [5.41, 5.74) is 1.34. The molecule has 0 bridgehead atoms. The highest BCUT2D eigenvalue weighted by Gasteiger charge is 2.36. The molecule has 0 atom stereocenters. The maximum Gasteiger partial charge on any atom is 0.335 e. The van der Waals surface area contributed by atoms with Gasteiger partial charge in [0.1, 0.15) is 11.3 Å². The van der Waals surface area contributed by atoms with Gasteiger partial charge in [-0.05, 0) is 60.0 Å². The SMILES string of the molecule is C=CCc1cc(/C=C2\C(=O)NC(=O)N(c3ccc(Br)cc3)C2=O)ccc1O. The van der Waals surface area contributed by atoms with E-state index in [1.54, 1.807) is 42.5 Å². The van der Waals surface area contributed by atoms with Crippen molar-refractivity contribution in [1.82, 2.24) is 5.32 Å². The molecule has 0 aliphatic carbocycles. The summed E-state index contributed by atoms with van der Waals surface area (Å²) in [5.74, 6) is -1.38. The van der Waals surface area contributed by atoms with E-state index in [1.807, 2.05) is 0 Å². The monoisotopic (exact) mass is 426 g/mol. The Morgan fingerprint density at radius 1 is 1.11 bits per heavy atom. The number of urea groups is 1. The number of allylic oxidation sites excluding steroid dienone is 1. The first-order chi connectivity index (χ1) is 12.9. The first-order valence-corrected chi connectivity index (χ1v) is 8.80. The third-order valence-electron chi connectivity index (χ3n) is 3.97. The molecule has 1 saturated heterocycles. The standard InChI is InChI=1S/C20H15BrN2O4/c1-2-3-13-10-12(4-9-17(13)24)11-16-18(25)22-20(27)23(19(16)26)15-7-5-14(21)6-8-15/h2,4-11,24H,1,3H2,(H,22,25,27)/b16-11+. The van der Waals surface area contributed by atoms with E-state index in [1.165, 1.54) is 12.1 Å². The van der Waals surface area contributed by atoms with Crippen molar-refractivity contribution in [1.29, 1.82) is 0 Å². The number of halogens is 1. The number of phenolic OH excluding ortho intramolecular Hbond substituents is 1. The van der Waals surface area contributed by atoms with Crippen LogP contribution in [0.15, 0.2) is 65.2 Å². The fraction of sp³-hybridized carbons (Fsp3) is 0.0500. The van der Waals surface area contributed by atoms with Gasteiger partial charge in [0.05, 0.1) is 5.69 Å². The number of hydrogen-bond acceptors (Lipinski definition) is 4. The Bertz CT molecular complexity index is 980. The fourth-order valence-electron chi connectivity index (χ4n) is 2.66. The molecule has 1 heterocycles. The number of rotatable bonds is 4. The van der Waals surface area contributed by atoms with Crippen LogP contribution in [0.3, 0.4) is 0 Å². The lowest BCUT2D eigenvalue weighted by atomic mass is 10.0. The number of nitrogens with zero attached hydrogens (tertiary/aromatic N) is 1. The minimum absolute atomic E-state index is 0.100. The third kappa shape index (κ3) is 3.83. The molecule has 136 valence electrons. The van der Waals surface area contributed by atoms with Crippen molar-refractivity contribution in [2.75, 3.05) is 4.90 Å². The second-order valence-corrected chi connectivity index (χ2v) is 6.73. The van der Waals surface area contributed by atoms with Crippen LogP contribution in [0, 0.1) is 0 Å². The van der Waals surface area contributed by atoms with Crippen LogP contribution in [0.1, 0.15) is 11.1 Å². The molecule has 2 N–H and O–H groups in total. The van der Waals surface area contributed by atoms with Crippen LogP contribution in [0.4, 0.5) is 10.5 Å². The molecule has 27 heavy (non-hydrogen) atoms. The Labute approximate surface area is 163 Å². The minimum atomic E-state index is -0.803. The van der Waals surface area contributed by atoms with Crippen LogP contribution in [-0.2, 0) is 16.0 Å². The second-order valence-electron chi connectivity index (χ2n) is 5.82. The number of barbiturate groups is 1. The molecule has 0 aromatic heterocycles. The average molecular weight is 427 g/mol. The van der Waals surface area contributed by atoms with Crippen molar-refractivity contribution in [2.24, 2.45) is 0 Å². The summed E-state index contributed by atoms with van der Waals surface area (Å²) in [6.07, 6.45) is 3.47. The highest BCUT2D eigenvalue weighted by atomic mass is 79.9. The van der Waals surface area contributed by atoms with Crippen LogP contribution in [0.2, 0.25) is 0 Å². The molecular weight excluding hydrogens is 412 g/mol. The van der Waals surface area contributed by atoms with E-state index in [0.29, 0.717) is 23.2 Å². The molecule has 1 aliphatic heterocycles. The number of amides is 4. The Morgan fingerprint density at radius 3 is 2.48 bits per heavy atom. The summed E-state index contributed by atoms with van der Waals surface area (Å²) in [4.78, 5) is 38.1. The number of anilines is 1. The summed E-state index contributed by atoms with van der Waals surface area (Å²) in [6.45, 7) is 3.63. The predicted octanol–water partition coefficient (Wildman–Crippen LogP) is 3.55. The van der Waals surface area contributed by atoms with Gasteiger partial charge in [-0.15, -0.1) is 6.58 Å². The number of imide groups is 2. The van der Waals surface area contributed by atoms with Gasteiger partial charge in [-0.25, -0.2) is 9.69 Å². The first-order valence-electron chi connectivity index (χ1n) is 8.00. The normalized spacial score (nSPS) is 15.8. The van der Waals surface area contributed by atoms with Crippen LogP contribution in [-0.4, -0.2) is 23.0 Å². The topological polar surface area (TPSA) is 86.7 Å². The van der Waals surface area contributed by atoms with E-state index >= 15 is 0 Å². The largest absolute Gasteiger partial charge is 0.508 e. The van der Waals surface area contributed by atoms with Crippen molar-refractivity contribution in [3.05, 3.63) is 76.3 Å². The van der Waals surface area contributed by atoms with Gasteiger partial charge in [0.15, 0.2) is 0 Å². The van der Waals surface area contributed by atoms with Gasteiger partial charge in [0, 0.05) is 4.47 Å². The number of phenols is 1. The van der Waals surface area contributed by atoms with Crippen LogP contribution in [0.25, 0.3) is 6.08 Å². The van der Waals surface area contributed by atoms with Gasteiger partial charge in [-0.2, -0.15) is 0 Å². The zero-order valence-corrected chi connectivity index (χ0v) is 15.7. The van der Waals surface area contributed by atoms with Crippen molar-refractivity contribution in [3.63, 3.8) is 0 Å². The lowest BCUT2D eigenvalue weighted by Crippen LogP contribution is -2.54. The molecule has 7 heteroatoms. The number of hydrogen-bond donors (Lipinski definition) is 2. The summed E-state index contributed by atoms with van der Waals surface area (Å²) in [7, 11) is 0. The third-order valence-corrected chi connectivity index (χ3v) is 4.49. The van der Waals surface area contributed by atoms with E-state index in [9.17, 15) is 19.5 Å². The minimum Gasteiger partial charge on any atom is -0.508 e. The van der Waals surface area contributed by atoms with Crippen LogP contribution >= 0.6 is 15.9 Å². The summed E-state index contributed by atoms with van der Waals surface area (Å²) in [6, 6.07) is 10.5. The molecule has 3 rings (SSSR count).